The van der Waals surface area contributed by atoms with Crippen LogP contribution in [-0.4, -0.2) is 32.3 Å². The minimum Gasteiger partial charge on any atom is -0.334 e. The van der Waals surface area contributed by atoms with Crippen molar-refractivity contribution in [2.45, 2.75) is 0 Å². The highest BCUT2D eigenvalue weighted by molar-refractivity contribution is 5.91. The monoisotopic (exact) mass is 244 g/mol. The van der Waals surface area contributed by atoms with E-state index in [4.69, 9.17) is 0 Å². The molecule has 0 radical (unpaired) electrons. The van der Waals surface area contributed by atoms with Crippen LogP contribution in [0.25, 0.3) is 5.82 Å². The van der Waals surface area contributed by atoms with E-state index in [2.05, 4.69) is 32.3 Å². The smallest absolute Gasteiger partial charge is 0.319 e. The molecule has 0 fully saturated rings. The molecular formula is C11H12N6O. The molecule has 0 atom stereocenters. The number of hydrogen-bond acceptors (Lipinski definition) is 4. The molecule has 18 heavy (non-hydrogen) atoms. The molecule has 0 saturated heterocycles. The van der Waals surface area contributed by atoms with Gasteiger partial charge >= 0.3 is 6.03 Å². The van der Waals surface area contributed by atoms with E-state index in [1.165, 1.54) is 17.3 Å². The van der Waals surface area contributed by atoms with Gasteiger partial charge in [-0.3, -0.25) is 0 Å². The summed E-state index contributed by atoms with van der Waals surface area (Å²) in [5, 5.41) is 9.27. The maximum atomic E-state index is 11.6. The van der Waals surface area contributed by atoms with Gasteiger partial charge in [0.25, 0.3) is 0 Å². The van der Waals surface area contributed by atoms with Gasteiger partial charge < -0.3 is 10.6 Å². The van der Waals surface area contributed by atoms with Crippen molar-refractivity contribution in [3.05, 3.63) is 43.6 Å². The topological polar surface area (TPSA) is 84.7 Å². The Bertz CT molecular complexity index is 536. The second kappa shape index (κ2) is 5.58. The first-order valence-corrected chi connectivity index (χ1v) is 5.27. The Balaban J connectivity index is 2.18. The van der Waals surface area contributed by atoms with Crippen LogP contribution in [0.5, 0.6) is 0 Å². The molecule has 0 saturated carbocycles. The normalized spacial score (nSPS) is 9.78. The first kappa shape index (κ1) is 11.8. The third-order valence-corrected chi connectivity index (χ3v) is 2.08. The van der Waals surface area contributed by atoms with E-state index in [9.17, 15) is 4.79 Å². The fraction of sp³-hybridized carbons (Fsp3) is 0.0909. The van der Waals surface area contributed by atoms with E-state index < -0.39 is 0 Å². The fourth-order valence-electron chi connectivity index (χ4n) is 1.33. The molecule has 92 valence electrons. The summed E-state index contributed by atoms with van der Waals surface area (Å²) >= 11 is 0. The number of pyridine rings is 1. The quantitative estimate of drug-likeness (QED) is 0.785. The number of nitrogens with zero attached hydrogens (tertiary/aromatic N) is 4. The molecule has 2 aromatic heterocycles. The Kier molecular flexibility index (Phi) is 3.65. The van der Waals surface area contributed by atoms with Gasteiger partial charge in [0.15, 0.2) is 5.82 Å². The van der Waals surface area contributed by atoms with Crippen LogP contribution in [0.4, 0.5) is 10.5 Å². The minimum atomic E-state index is -0.329. The lowest BCUT2D eigenvalue weighted by Gasteiger charge is -2.09. The van der Waals surface area contributed by atoms with Crippen LogP contribution in [0.15, 0.2) is 43.6 Å². The molecule has 0 aliphatic carbocycles. The molecule has 0 unspecified atom stereocenters. The number of urea groups is 1. The number of rotatable bonds is 4. The average molecular weight is 244 g/mol. The highest BCUT2D eigenvalue weighted by Crippen LogP contribution is 2.15. The number of amides is 2. The summed E-state index contributed by atoms with van der Waals surface area (Å²) in [5.41, 5.74) is 0.546. The van der Waals surface area contributed by atoms with Gasteiger partial charge in [-0.1, -0.05) is 6.08 Å². The molecule has 2 N–H and O–H groups in total. The summed E-state index contributed by atoms with van der Waals surface area (Å²) in [6.45, 7) is 3.91. The maximum absolute atomic E-state index is 11.6. The predicted octanol–water partition coefficient (Wildman–Crippen LogP) is 0.970. The van der Waals surface area contributed by atoms with Crippen LogP contribution in [0.1, 0.15) is 0 Å². The lowest BCUT2D eigenvalue weighted by atomic mass is 10.4. The molecule has 2 heterocycles. The van der Waals surface area contributed by atoms with Gasteiger partial charge in [-0.25, -0.2) is 19.4 Å². The summed E-state index contributed by atoms with van der Waals surface area (Å²) in [6, 6.07) is 3.13. The molecule has 7 heteroatoms. The lowest BCUT2D eigenvalue weighted by Crippen LogP contribution is -2.29. The van der Waals surface area contributed by atoms with Gasteiger partial charge in [0.1, 0.15) is 12.7 Å². The SMILES string of the molecule is C=CCNC(=O)Nc1cccnc1-n1cncn1. The van der Waals surface area contributed by atoms with Crippen molar-refractivity contribution in [1.29, 1.82) is 0 Å². The standard InChI is InChI=1S/C11H12N6O/c1-2-5-14-11(18)16-9-4-3-6-13-10(9)17-8-12-7-15-17/h2-4,6-8H,1,5H2,(H2,14,16,18). The van der Waals surface area contributed by atoms with Gasteiger partial charge in [0, 0.05) is 12.7 Å². The summed E-state index contributed by atoms with van der Waals surface area (Å²) in [4.78, 5) is 19.5. The van der Waals surface area contributed by atoms with Crippen molar-refractivity contribution in [2.75, 3.05) is 11.9 Å². The van der Waals surface area contributed by atoms with Crippen LogP contribution in [0.3, 0.4) is 0 Å². The zero-order valence-electron chi connectivity index (χ0n) is 9.58. The number of anilines is 1. The molecule has 0 aromatic carbocycles. The van der Waals surface area contributed by atoms with Crippen LogP contribution in [-0.2, 0) is 0 Å². The minimum absolute atomic E-state index is 0.329. The molecule has 0 spiro atoms. The third-order valence-electron chi connectivity index (χ3n) is 2.08. The molecule has 0 aliphatic heterocycles. The molecule has 7 nitrogen and oxygen atoms in total. The molecule has 2 aromatic rings. The second-order valence-corrected chi connectivity index (χ2v) is 3.34. The van der Waals surface area contributed by atoms with Gasteiger partial charge in [0.2, 0.25) is 0 Å². The highest BCUT2D eigenvalue weighted by Gasteiger charge is 2.08. The number of carbonyl (C=O) groups is 1. The first-order valence-electron chi connectivity index (χ1n) is 5.27. The van der Waals surface area contributed by atoms with Crippen molar-refractivity contribution < 1.29 is 4.79 Å². The summed E-state index contributed by atoms with van der Waals surface area (Å²) in [6.07, 6.45) is 6.12. The lowest BCUT2D eigenvalue weighted by molar-refractivity contribution is 0.253. The van der Waals surface area contributed by atoms with E-state index in [0.717, 1.165) is 0 Å². The Morgan fingerprint density at radius 3 is 3.17 bits per heavy atom. The number of nitrogens with one attached hydrogen (secondary N) is 2. The van der Waals surface area contributed by atoms with Gasteiger partial charge in [-0.15, -0.1) is 6.58 Å². The van der Waals surface area contributed by atoms with Crippen LogP contribution >= 0.6 is 0 Å². The van der Waals surface area contributed by atoms with Crippen molar-refractivity contribution >= 4 is 11.7 Å². The molecule has 0 aliphatic rings. The molecular weight excluding hydrogens is 232 g/mol. The van der Waals surface area contributed by atoms with Gasteiger partial charge in [-0.2, -0.15) is 5.10 Å². The zero-order chi connectivity index (χ0) is 12.8. The number of aromatic nitrogens is 4. The van der Waals surface area contributed by atoms with Crippen molar-refractivity contribution in [2.24, 2.45) is 0 Å². The largest absolute Gasteiger partial charge is 0.334 e. The average Bonchev–Trinajstić information content (AvgIpc) is 2.91. The Hall–Kier alpha value is -2.70. The Labute approximate surface area is 104 Å². The van der Waals surface area contributed by atoms with E-state index in [0.29, 0.717) is 18.1 Å². The van der Waals surface area contributed by atoms with Crippen molar-refractivity contribution in [3.63, 3.8) is 0 Å². The Morgan fingerprint density at radius 1 is 1.56 bits per heavy atom. The first-order chi connectivity index (χ1) is 8.81. The third kappa shape index (κ3) is 2.70. The second-order valence-electron chi connectivity index (χ2n) is 3.34. The summed E-state index contributed by atoms with van der Waals surface area (Å²) in [5.74, 6) is 0.503. The highest BCUT2D eigenvalue weighted by atomic mass is 16.2. The molecule has 0 bridgehead atoms. The number of hydrogen-bond donors (Lipinski definition) is 2. The van der Waals surface area contributed by atoms with Crippen LogP contribution in [0, 0.1) is 0 Å². The van der Waals surface area contributed by atoms with E-state index in [1.54, 1.807) is 24.4 Å². The van der Waals surface area contributed by atoms with Gasteiger partial charge in [-0.05, 0) is 12.1 Å². The predicted molar refractivity (Wildman–Crippen MR) is 66.4 cm³/mol. The molecule has 2 rings (SSSR count). The molecule has 2 amide bonds. The van der Waals surface area contributed by atoms with E-state index in [1.807, 2.05) is 0 Å². The van der Waals surface area contributed by atoms with E-state index in [-0.39, 0.29) is 6.03 Å². The van der Waals surface area contributed by atoms with Crippen molar-refractivity contribution in [1.82, 2.24) is 25.1 Å². The summed E-state index contributed by atoms with van der Waals surface area (Å²) in [7, 11) is 0. The van der Waals surface area contributed by atoms with Gasteiger partial charge in [0.05, 0.1) is 5.69 Å². The number of carbonyl (C=O) groups excluding carboxylic acids is 1. The van der Waals surface area contributed by atoms with Crippen molar-refractivity contribution in [3.8, 4) is 5.82 Å². The maximum Gasteiger partial charge on any atom is 0.319 e. The Morgan fingerprint density at radius 2 is 2.44 bits per heavy atom. The fourth-order valence-corrected chi connectivity index (χ4v) is 1.33. The van der Waals surface area contributed by atoms with Crippen LogP contribution < -0.4 is 10.6 Å². The zero-order valence-corrected chi connectivity index (χ0v) is 9.58. The van der Waals surface area contributed by atoms with Crippen LogP contribution in [0.2, 0.25) is 0 Å². The van der Waals surface area contributed by atoms with E-state index >= 15 is 0 Å². The summed E-state index contributed by atoms with van der Waals surface area (Å²) < 4.78 is 1.48.